The Bertz CT molecular complexity index is 915. The smallest absolute Gasteiger partial charge is 0.220 e. The lowest BCUT2D eigenvalue weighted by Crippen LogP contribution is -2.45. The lowest BCUT2D eigenvalue weighted by atomic mass is 10.0. The molecule has 300 valence electrons. The van der Waals surface area contributed by atoms with E-state index in [1.165, 1.54) is 128 Å². The van der Waals surface area contributed by atoms with Crippen molar-refractivity contribution in [2.45, 2.75) is 219 Å². The Hall–Kier alpha value is -2.17. The molecule has 2 atom stereocenters. The zero-order chi connectivity index (χ0) is 37.8. The molecule has 0 bridgehead atoms. The Balaban J connectivity index is 3.54. The molecule has 0 aliphatic carbocycles. The molecule has 4 nitrogen and oxygen atoms in total. The SMILES string of the molecule is CCC/C=C/CC/C=C/CC/C=C/C(O)C(CO)NC(=O)CCCCCCCCCCCCCCCC/C=C\C/C=C\C/C=C\CCCCCCC. The van der Waals surface area contributed by atoms with E-state index in [0.29, 0.717) is 6.42 Å². The molecule has 1 amide bonds. The molecule has 4 heteroatoms. The van der Waals surface area contributed by atoms with Crippen LogP contribution in [0.25, 0.3) is 0 Å². The lowest BCUT2D eigenvalue weighted by molar-refractivity contribution is -0.123. The van der Waals surface area contributed by atoms with Crippen LogP contribution in [0.4, 0.5) is 0 Å². The highest BCUT2D eigenvalue weighted by Crippen LogP contribution is 2.14. The molecule has 3 N–H and O–H groups in total. The molecule has 0 spiro atoms. The third-order valence-electron chi connectivity index (χ3n) is 9.62. The number of aliphatic hydroxyl groups is 2. The van der Waals surface area contributed by atoms with Crippen molar-refractivity contribution in [1.82, 2.24) is 5.32 Å². The summed E-state index contributed by atoms with van der Waals surface area (Å²) in [7, 11) is 0. The Morgan fingerprint density at radius 2 is 0.846 bits per heavy atom. The zero-order valence-corrected chi connectivity index (χ0v) is 34.3. The minimum Gasteiger partial charge on any atom is -0.394 e. The van der Waals surface area contributed by atoms with Gasteiger partial charge in [-0.1, -0.05) is 196 Å². The normalized spacial score (nSPS) is 13.7. The van der Waals surface area contributed by atoms with Crippen LogP contribution in [0.2, 0.25) is 0 Å². The van der Waals surface area contributed by atoms with Crippen LogP contribution >= 0.6 is 0 Å². The number of nitrogens with one attached hydrogen (secondary N) is 1. The fourth-order valence-electron chi connectivity index (χ4n) is 6.22. The van der Waals surface area contributed by atoms with Gasteiger partial charge < -0.3 is 15.5 Å². The Morgan fingerprint density at radius 3 is 1.31 bits per heavy atom. The van der Waals surface area contributed by atoms with Gasteiger partial charge in [0.2, 0.25) is 5.91 Å². The molecule has 0 radical (unpaired) electrons. The van der Waals surface area contributed by atoms with E-state index < -0.39 is 12.1 Å². The summed E-state index contributed by atoms with van der Waals surface area (Å²) in [6, 6.07) is -0.646. The average molecular weight is 724 g/mol. The number of unbranched alkanes of at least 4 members (excludes halogenated alkanes) is 22. The lowest BCUT2D eigenvalue weighted by Gasteiger charge is -2.19. The first-order valence-electron chi connectivity index (χ1n) is 22.2. The van der Waals surface area contributed by atoms with Gasteiger partial charge in [-0.2, -0.15) is 0 Å². The van der Waals surface area contributed by atoms with Gasteiger partial charge >= 0.3 is 0 Å². The van der Waals surface area contributed by atoms with Gasteiger partial charge in [0.15, 0.2) is 0 Å². The number of aliphatic hydroxyl groups excluding tert-OH is 2. The molecule has 0 aliphatic heterocycles. The van der Waals surface area contributed by atoms with E-state index in [-0.39, 0.29) is 12.5 Å². The topological polar surface area (TPSA) is 69.6 Å². The minimum atomic E-state index is -0.871. The van der Waals surface area contributed by atoms with E-state index in [4.69, 9.17) is 0 Å². The van der Waals surface area contributed by atoms with Crippen LogP contribution in [0.1, 0.15) is 206 Å². The van der Waals surface area contributed by atoms with Crippen molar-refractivity contribution in [2.75, 3.05) is 6.61 Å². The van der Waals surface area contributed by atoms with Crippen molar-refractivity contribution >= 4 is 5.91 Å². The summed E-state index contributed by atoms with van der Waals surface area (Å²) in [5.41, 5.74) is 0. The second-order valence-corrected chi connectivity index (χ2v) is 14.7. The first kappa shape index (κ1) is 49.8. The molecule has 0 rings (SSSR count). The fraction of sp³-hybridized carbons (Fsp3) is 0.729. The summed E-state index contributed by atoms with van der Waals surface area (Å²) >= 11 is 0. The number of amides is 1. The monoisotopic (exact) mass is 724 g/mol. The molecule has 0 fully saturated rings. The van der Waals surface area contributed by atoms with Crippen LogP contribution in [0.5, 0.6) is 0 Å². The second kappa shape index (κ2) is 43.2. The summed E-state index contributed by atoms with van der Waals surface area (Å²) in [6.07, 6.45) is 61.6. The van der Waals surface area contributed by atoms with Crippen molar-refractivity contribution in [3.05, 3.63) is 72.9 Å². The van der Waals surface area contributed by atoms with Crippen molar-refractivity contribution in [3.63, 3.8) is 0 Å². The molecule has 0 aromatic carbocycles. The van der Waals surface area contributed by atoms with Crippen molar-refractivity contribution in [1.29, 1.82) is 0 Å². The van der Waals surface area contributed by atoms with E-state index in [2.05, 4.69) is 79.9 Å². The second-order valence-electron chi connectivity index (χ2n) is 14.7. The van der Waals surface area contributed by atoms with Crippen LogP contribution in [0.15, 0.2) is 72.9 Å². The van der Waals surface area contributed by atoms with Crippen molar-refractivity contribution in [2.24, 2.45) is 0 Å². The highest BCUT2D eigenvalue weighted by Gasteiger charge is 2.17. The van der Waals surface area contributed by atoms with Gasteiger partial charge in [-0.05, 0) is 77.0 Å². The number of carbonyl (C=O) groups excluding carboxylic acids is 1. The number of hydrogen-bond donors (Lipinski definition) is 3. The molecule has 0 saturated carbocycles. The Labute approximate surface area is 323 Å². The van der Waals surface area contributed by atoms with Gasteiger partial charge in [0.1, 0.15) is 0 Å². The van der Waals surface area contributed by atoms with Gasteiger partial charge in [0, 0.05) is 6.42 Å². The highest BCUT2D eigenvalue weighted by atomic mass is 16.3. The first-order valence-corrected chi connectivity index (χ1v) is 22.2. The fourth-order valence-corrected chi connectivity index (χ4v) is 6.22. The van der Waals surface area contributed by atoms with Crippen LogP contribution < -0.4 is 5.32 Å². The third-order valence-corrected chi connectivity index (χ3v) is 9.62. The number of allylic oxidation sites excluding steroid dienone is 11. The van der Waals surface area contributed by atoms with Gasteiger partial charge in [0.05, 0.1) is 18.8 Å². The minimum absolute atomic E-state index is 0.0832. The molecule has 52 heavy (non-hydrogen) atoms. The summed E-state index contributed by atoms with van der Waals surface area (Å²) in [5, 5.41) is 22.9. The molecular formula is C48H85NO3. The first-order chi connectivity index (χ1) is 25.7. The Morgan fingerprint density at radius 1 is 0.462 bits per heavy atom. The van der Waals surface area contributed by atoms with Crippen molar-refractivity contribution in [3.8, 4) is 0 Å². The molecule has 0 aromatic heterocycles. The van der Waals surface area contributed by atoms with E-state index in [1.807, 2.05) is 6.08 Å². The maximum atomic E-state index is 12.4. The van der Waals surface area contributed by atoms with Gasteiger partial charge in [-0.15, -0.1) is 0 Å². The largest absolute Gasteiger partial charge is 0.394 e. The molecule has 0 heterocycles. The van der Waals surface area contributed by atoms with Crippen molar-refractivity contribution < 1.29 is 15.0 Å². The quantitative estimate of drug-likeness (QED) is 0.0437. The van der Waals surface area contributed by atoms with Crippen LogP contribution in [0, 0.1) is 0 Å². The molecule has 2 unspecified atom stereocenters. The average Bonchev–Trinajstić information content (AvgIpc) is 3.15. The van der Waals surface area contributed by atoms with E-state index in [9.17, 15) is 15.0 Å². The molecule has 0 aliphatic rings. The summed E-state index contributed by atoms with van der Waals surface area (Å²) in [4.78, 5) is 12.4. The third kappa shape index (κ3) is 39.0. The summed E-state index contributed by atoms with van der Waals surface area (Å²) < 4.78 is 0. The van der Waals surface area contributed by atoms with Gasteiger partial charge in [-0.3, -0.25) is 4.79 Å². The number of rotatable bonds is 39. The summed E-state index contributed by atoms with van der Waals surface area (Å²) in [5.74, 6) is -0.0832. The van der Waals surface area contributed by atoms with Gasteiger partial charge in [-0.25, -0.2) is 0 Å². The Kier molecular flexibility index (Phi) is 41.4. The zero-order valence-electron chi connectivity index (χ0n) is 34.3. The summed E-state index contributed by atoms with van der Waals surface area (Å²) in [6.45, 7) is 4.20. The van der Waals surface area contributed by atoms with Crippen LogP contribution in [-0.2, 0) is 4.79 Å². The molecule has 0 aromatic rings. The van der Waals surface area contributed by atoms with Crippen LogP contribution in [0.3, 0.4) is 0 Å². The number of hydrogen-bond acceptors (Lipinski definition) is 3. The molecular weight excluding hydrogens is 639 g/mol. The van der Waals surface area contributed by atoms with Gasteiger partial charge in [0.25, 0.3) is 0 Å². The van der Waals surface area contributed by atoms with Crippen LogP contribution in [-0.4, -0.2) is 34.9 Å². The number of carbonyl (C=O) groups is 1. The van der Waals surface area contributed by atoms with E-state index in [0.717, 1.165) is 57.8 Å². The predicted molar refractivity (Wildman–Crippen MR) is 230 cm³/mol. The highest BCUT2D eigenvalue weighted by molar-refractivity contribution is 5.76. The molecule has 0 saturated heterocycles. The van der Waals surface area contributed by atoms with E-state index in [1.54, 1.807) is 6.08 Å². The predicted octanol–water partition coefficient (Wildman–Crippen LogP) is 13.9. The van der Waals surface area contributed by atoms with E-state index >= 15 is 0 Å². The maximum absolute atomic E-state index is 12.4. The maximum Gasteiger partial charge on any atom is 0.220 e. The standard InChI is InChI=1S/C48H85NO3/c1-3-5-7-9-11-13-15-16-17-18-19-20-21-22-23-24-25-26-27-28-29-30-31-32-34-36-38-40-42-44-48(52)49-46(45-50)47(51)43-41-39-37-35-33-14-12-10-8-6-4-2/h8,10,15-16,18-19,21-22,33,35,41,43,46-47,50-51H,3-7,9,11-14,17,20,23-32,34,36-40,42,44-45H2,1-2H3,(H,49,52)/b10-8+,16-15-,19-18-,22-21-,35-33+,43-41+.